The number of fused-ring (bicyclic) bond motifs is 2. The first kappa shape index (κ1) is 19.9. The normalized spacial score (nSPS) is 15.5. The van der Waals surface area contributed by atoms with Gasteiger partial charge in [0, 0.05) is 37.3 Å². The molecule has 1 amide bonds. The largest absolute Gasteiger partial charge is 0.457 e. The monoisotopic (exact) mass is 454 g/mol. The molecular formula is C26H22N4O2S. The van der Waals surface area contributed by atoms with E-state index < -0.39 is 0 Å². The van der Waals surface area contributed by atoms with Crippen molar-refractivity contribution in [3.05, 3.63) is 89.3 Å². The first-order valence-electron chi connectivity index (χ1n) is 11.0. The Morgan fingerprint density at radius 1 is 0.818 bits per heavy atom. The molecule has 0 aliphatic carbocycles. The molecule has 2 aliphatic rings. The summed E-state index contributed by atoms with van der Waals surface area (Å²) in [5.41, 5.74) is 2.75. The topological polar surface area (TPSA) is 58.6 Å². The Kier molecular flexibility index (Phi) is 5.03. The molecule has 2 aromatic heterocycles. The number of amides is 1. The molecule has 6 rings (SSSR count). The van der Waals surface area contributed by atoms with Gasteiger partial charge in [0.15, 0.2) is 5.82 Å². The lowest BCUT2D eigenvalue weighted by atomic mass is 9.86. The molecule has 4 heterocycles. The number of nitrogens with zero attached hydrogens (tertiary/aromatic N) is 4. The molecule has 6 nitrogen and oxygen atoms in total. The van der Waals surface area contributed by atoms with Gasteiger partial charge < -0.3 is 14.5 Å². The first-order chi connectivity index (χ1) is 16.3. The van der Waals surface area contributed by atoms with E-state index in [9.17, 15) is 4.79 Å². The van der Waals surface area contributed by atoms with Gasteiger partial charge in [-0.2, -0.15) is 0 Å². The summed E-state index contributed by atoms with van der Waals surface area (Å²) in [5.74, 6) is 2.15. The molecule has 1 fully saturated rings. The van der Waals surface area contributed by atoms with E-state index in [4.69, 9.17) is 4.74 Å². The number of benzene rings is 2. The number of carbonyl (C=O) groups is 1. The van der Waals surface area contributed by atoms with Gasteiger partial charge in [-0.05, 0) is 35.7 Å². The van der Waals surface area contributed by atoms with Crippen LogP contribution in [0.3, 0.4) is 0 Å². The lowest BCUT2D eigenvalue weighted by Crippen LogP contribution is -2.50. The van der Waals surface area contributed by atoms with E-state index in [1.165, 1.54) is 0 Å². The van der Waals surface area contributed by atoms with Crippen LogP contribution in [0.15, 0.2) is 78.2 Å². The van der Waals surface area contributed by atoms with Gasteiger partial charge in [0.05, 0.1) is 10.8 Å². The Balaban J connectivity index is 1.19. The third kappa shape index (κ3) is 3.64. The molecule has 2 aliphatic heterocycles. The van der Waals surface area contributed by atoms with Crippen LogP contribution in [0, 0.1) is 0 Å². The predicted molar refractivity (Wildman–Crippen MR) is 129 cm³/mol. The highest BCUT2D eigenvalue weighted by Crippen LogP contribution is 2.44. The van der Waals surface area contributed by atoms with E-state index in [0.717, 1.165) is 52.1 Å². The summed E-state index contributed by atoms with van der Waals surface area (Å²) in [5, 5.41) is 10.9. The number of carbonyl (C=O) groups excluding carboxylic acids is 1. The smallest absolute Gasteiger partial charge is 0.234 e. The maximum atomic E-state index is 13.7. The summed E-state index contributed by atoms with van der Waals surface area (Å²) in [4.78, 5) is 19.0. The minimum atomic E-state index is -0.345. The minimum Gasteiger partial charge on any atom is -0.457 e. The van der Waals surface area contributed by atoms with Crippen molar-refractivity contribution in [3.8, 4) is 22.1 Å². The fraction of sp³-hybridized carbons (Fsp3) is 0.192. The van der Waals surface area contributed by atoms with Crippen molar-refractivity contribution >= 4 is 23.1 Å². The number of rotatable bonds is 3. The molecule has 0 N–H and O–H groups in total. The van der Waals surface area contributed by atoms with E-state index in [1.807, 2.05) is 83.1 Å². The molecule has 0 bridgehead atoms. The quantitative estimate of drug-likeness (QED) is 0.445. The van der Waals surface area contributed by atoms with Gasteiger partial charge in [-0.1, -0.05) is 42.5 Å². The number of anilines is 1. The highest BCUT2D eigenvalue weighted by molar-refractivity contribution is 7.13. The number of ether oxygens (including phenoxy) is 1. The summed E-state index contributed by atoms with van der Waals surface area (Å²) < 4.78 is 6.06. The van der Waals surface area contributed by atoms with Crippen LogP contribution in [-0.2, 0) is 4.79 Å². The summed E-state index contributed by atoms with van der Waals surface area (Å²) >= 11 is 1.66. The Morgan fingerprint density at radius 2 is 1.52 bits per heavy atom. The van der Waals surface area contributed by atoms with Gasteiger partial charge in [-0.3, -0.25) is 4.79 Å². The molecule has 0 spiro atoms. The van der Waals surface area contributed by atoms with Gasteiger partial charge in [-0.25, -0.2) is 0 Å². The van der Waals surface area contributed by atoms with Crippen LogP contribution >= 0.6 is 11.3 Å². The van der Waals surface area contributed by atoms with E-state index in [1.54, 1.807) is 11.3 Å². The van der Waals surface area contributed by atoms with Crippen LogP contribution in [-0.4, -0.2) is 47.2 Å². The van der Waals surface area contributed by atoms with E-state index >= 15 is 0 Å². The molecule has 1 saturated heterocycles. The van der Waals surface area contributed by atoms with Crippen LogP contribution in [0.25, 0.3) is 10.6 Å². The van der Waals surface area contributed by atoms with Gasteiger partial charge in [0.25, 0.3) is 0 Å². The summed E-state index contributed by atoms with van der Waals surface area (Å²) in [6.07, 6.45) is 0. The van der Waals surface area contributed by atoms with Crippen LogP contribution in [0.5, 0.6) is 11.5 Å². The van der Waals surface area contributed by atoms with E-state index in [0.29, 0.717) is 13.1 Å². The maximum Gasteiger partial charge on any atom is 0.234 e. The Labute approximate surface area is 196 Å². The maximum absolute atomic E-state index is 13.7. The molecule has 7 heteroatoms. The third-order valence-electron chi connectivity index (χ3n) is 6.27. The average molecular weight is 455 g/mol. The van der Waals surface area contributed by atoms with Gasteiger partial charge >= 0.3 is 0 Å². The van der Waals surface area contributed by atoms with Gasteiger partial charge in [0.1, 0.15) is 17.2 Å². The van der Waals surface area contributed by atoms with Gasteiger partial charge in [0.2, 0.25) is 5.91 Å². The molecule has 4 aromatic rings. The van der Waals surface area contributed by atoms with Crippen molar-refractivity contribution in [1.29, 1.82) is 0 Å². The first-order valence-corrected chi connectivity index (χ1v) is 11.9. The molecule has 0 unspecified atom stereocenters. The molecule has 164 valence electrons. The molecule has 2 aromatic carbocycles. The second-order valence-corrected chi connectivity index (χ2v) is 9.12. The highest BCUT2D eigenvalue weighted by atomic mass is 32.1. The molecule has 0 radical (unpaired) electrons. The SMILES string of the molecule is O=C(C1c2ccccc2Oc2ccccc21)N1CCN(c2ccc(-c3cccs3)nn2)CC1. The standard InChI is InChI=1S/C26H22N4O2S/c31-26(25-18-6-1-3-8-21(18)32-22-9-4-2-7-19(22)25)30-15-13-29(14-16-30)24-12-11-20(27-28-24)23-10-5-17-33-23/h1-12,17,25H,13-16H2. The Hall–Kier alpha value is -3.71. The molecule has 0 atom stereocenters. The molecular weight excluding hydrogens is 432 g/mol. The van der Waals surface area contributed by atoms with Crippen LogP contribution in [0.2, 0.25) is 0 Å². The number of hydrogen-bond donors (Lipinski definition) is 0. The van der Waals surface area contributed by atoms with E-state index in [-0.39, 0.29) is 11.8 Å². The van der Waals surface area contributed by atoms with Crippen molar-refractivity contribution in [2.45, 2.75) is 5.92 Å². The second kappa shape index (κ2) is 8.33. The van der Waals surface area contributed by atoms with Crippen LogP contribution in [0.4, 0.5) is 5.82 Å². The fourth-order valence-corrected chi connectivity index (χ4v) is 5.25. The van der Waals surface area contributed by atoms with Gasteiger partial charge in [-0.15, -0.1) is 21.5 Å². The second-order valence-electron chi connectivity index (χ2n) is 8.18. The fourth-order valence-electron chi connectivity index (χ4n) is 4.56. The Bertz CT molecular complexity index is 1240. The van der Waals surface area contributed by atoms with Crippen molar-refractivity contribution in [1.82, 2.24) is 15.1 Å². The third-order valence-corrected chi connectivity index (χ3v) is 7.16. The summed E-state index contributed by atoms with van der Waals surface area (Å²) in [7, 11) is 0. The van der Waals surface area contributed by atoms with E-state index in [2.05, 4.69) is 15.1 Å². The van der Waals surface area contributed by atoms with Crippen LogP contribution in [0.1, 0.15) is 17.0 Å². The molecule has 33 heavy (non-hydrogen) atoms. The summed E-state index contributed by atoms with van der Waals surface area (Å²) in [6, 6.07) is 23.8. The number of piperazine rings is 1. The predicted octanol–water partition coefficient (Wildman–Crippen LogP) is 4.79. The van der Waals surface area contributed by atoms with Crippen molar-refractivity contribution < 1.29 is 9.53 Å². The lowest BCUT2D eigenvalue weighted by Gasteiger charge is -2.38. The number of para-hydroxylation sites is 2. The molecule has 0 saturated carbocycles. The van der Waals surface area contributed by atoms with Crippen LogP contribution < -0.4 is 9.64 Å². The van der Waals surface area contributed by atoms with Crippen molar-refractivity contribution in [3.63, 3.8) is 0 Å². The zero-order chi connectivity index (χ0) is 22.2. The Morgan fingerprint density at radius 3 is 2.12 bits per heavy atom. The van der Waals surface area contributed by atoms with Crippen molar-refractivity contribution in [2.75, 3.05) is 31.1 Å². The van der Waals surface area contributed by atoms with Crippen molar-refractivity contribution in [2.24, 2.45) is 0 Å². The minimum absolute atomic E-state index is 0.122. The zero-order valence-corrected chi connectivity index (χ0v) is 18.7. The highest BCUT2D eigenvalue weighted by Gasteiger charge is 2.36. The lowest BCUT2D eigenvalue weighted by molar-refractivity contribution is -0.132. The average Bonchev–Trinajstić information content (AvgIpc) is 3.42. The number of thiophene rings is 1. The summed E-state index contributed by atoms with van der Waals surface area (Å²) in [6.45, 7) is 2.75. The number of aromatic nitrogens is 2. The zero-order valence-electron chi connectivity index (χ0n) is 17.9. The number of hydrogen-bond acceptors (Lipinski definition) is 6.